The van der Waals surface area contributed by atoms with E-state index >= 15 is 0 Å². The molecule has 0 fully saturated rings. The van der Waals surface area contributed by atoms with Crippen LogP contribution in [0.1, 0.15) is 10.5 Å². The van der Waals surface area contributed by atoms with Gasteiger partial charge in [0.1, 0.15) is 17.0 Å². The van der Waals surface area contributed by atoms with E-state index in [1.54, 1.807) is 12.1 Å². The Labute approximate surface area is 110 Å². The summed E-state index contributed by atoms with van der Waals surface area (Å²) in [5.41, 5.74) is 6.93. The minimum Gasteiger partial charge on any atom is -0.496 e. The molecule has 2 aromatic rings. The molecule has 0 spiro atoms. The second-order valence-corrected chi connectivity index (χ2v) is 3.78. The van der Waals surface area contributed by atoms with Crippen LogP contribution in [-0.4, -0.2) is 32.3 Å². The van der Waals surface area contributed by atoms with E-state index in [-0.39, 0.29) is 5.69 Å². The number of fused-ring (bicyclic) bond motifs is 1. The Balaban J connectivity index is 2.81. The molecule has 100 valence electrons. The summed E-state index contributed by atoms with van der Waals surface area (Å²) in [5, 5.41) is 0.606. The van der Waals surface area contributed by atoms with Crippen LogP contribution in [0.2, 0.25) is 0 Å². The van der Waals surface area contributed by atoms with E-state index in [1.165, 1.54) is 27.4 Å². The molecule has 0 saturated heterocycles. The Bertz CT molecular complexity index is 640. The molecule has 0 aliphatic heterocycles. The minimum absolute atomic E-state index is 0.124. The molecule has 6 heteroatoms. The van der Waals surface area contributed by atoms with E-state index in [1.807, 2.05) is 0 Å². The van der Waals surface area contributed by atoms with E-state index in [9.17, 15) is 4.79 Å². The molecule has 1 aromatic heterocycles. The number of pyridine rings is 1. The fourth-order valence-electron chi connectivity index (χ4n) is 1.86. The van der Waals surface area contributed by atoms with Crippen molar-refractivity contribution in [2.24, 2.45) is 0 Å². The van der Waals surface area contributed by atoms with Crippen molar-refractivity contribution in [3.63, 3.8) is 0 Å². The van der Waals surface area contributed by atoms with Crippen molar-refractivity contribution in [2.75, 3.05) is 27.1 Å². The van der Waals surface area contributed by atoms with Gasteiger partial charge in [-0.15, -0.1) is 0 Å². The van der Waals surface area contributed by atoms with E-state index in [4.69, 9.17) is 15.2 Å². The maximum Gasteiger partial charge on any atom is 0.356 e. The number of nitrogens with zero attached hydrogens (tertiary/aromatic N) is 1. The maximum absolute atomic E-state index is 11.6. The van der Waals surface area contributed by atoms with Crippen LogP contribution in [0.15, 0.2) is 18.2 Å². The van der Waals surface area contributed by atoms with Crippen molar-refractivity contribution in [3.8, 4) is 11.5 Å². The number of hydrogen-bond acceptors (Lipinski definition) is 6. The SMILES string of the molecule is COC(=O)c1cc(N)c2c(OC)ccc(OC)c2n1. The van der Waals surface area contributed by atoms with Gasteiger partial charge in [0.25, 0.3) is 0 Å². The van der Waals surface area contributed by atoms with Crippen LogP contribution in [0.25, 0.3) is 10.9 Å². The first-order chi connectivity index (χ1) is 9.12. The van der Waals surface area contributed by atoms with Crippen molar-refractivity contribution in [3.05, 3.63) is 23.9 Å². The van der Waals surface area contributed by atoms with Gasteiger partial charge in [-0.05, 0) is 18.2 Å². The molecule has 19 heavy (non-hydrogen) atoms. The molecule has 2 rings (SSSR count). The third kappa shape index (κ3) is 2.12. The van der Waals surface area contributed by atoms with Crippen LogP contribution in [0, 0.1) is 0 Å². The highest BCUT2D eigenvalue weighted by molar-refractivity contribution is 6.02. The Hall–Kier alpha value is -2.50. The Kier molecular flexibility index (Phi) is 3.41. The summed E-state index contributed by atoms with van der Waals surface area (Å²) in [4.78, 5) is 15.8. The first-order valence-corrected chi connectivity index (χ1v) is 5.52. The molecule has 1 heterocycles. The molecule has 1 aromatic carbocycles. The molecule has 0 atom stereocenters. The Morgan fingerprint density at radius 1 is 1.16 bits per heavy atom. The highest BCUT2D eigenvalue weighted by Crippen LogP contribution is 2.35. The molecule has 0 amide bonds. The number of aromatic nitrogens is 1. The van der Waals surface area contributed by atoms with Gasteiger partial charge in [-0.1, -0.05) is 0 Å². The Morgan fingerprint density at radius 3 is 2.37 bits per heavy atom. The lowest BCUT2D eigenvalue weighted by molar-refractivity contribution is 0.0594. The summed E-state index contributed by atoms with van der Waals surface area (Å²) < 4.78 is 15.1. The van der Waals surface area contributed by atoms with Gasteiger partial charge in [-0.25, -0.2) is 9.78 Å². The topological polar surface area (TPSA) is 83.7 Å². The number of methoxy groups -OCH3 is 3. The van der Waals surface area contributed by atoms with Gasteiger partial charge in [0, 0.05) is 5.69 Å². The van der Waals surface area contributed by atoms with Crippen LogP contribution in [0.5, 0.6) is 11.5 Å². The maximum atomic E-state index is 11.6. The minimum atomic E-state index is -0.557. The Morgan fingerprint density at radius 2 is 1.79 bits per heavy atom. The van der Waals surface area contributed by atoms with E-state index < -0.39 is 5.97 Å². The van der Waals surface area contributed by atoms with Gasteiger partial charge in [-0.3, -0.25) is 0 Å². The number of esters is 1. The highest BCUT2D eigenvalue weighted by atomic mass is 16.5. The van der Waals surface area contributed by atoms with Gasteiger partial charge in [-0.2, -0.15) is 0 Å². The zero-order valence-electron chi connectivity index (χ0n) is 10.9. The van der Waals surface area contributed by atoms with E-state index in [0.29, 0.717) is 28.1 Å². The molecule has 6 nitrogen and oxygen atoms in total. The zero-order chi connectivity index (χ0) is 14.0. The zero-order valence-corrected chi connectivity index (χ0v) is 10.9. The number of anilines is 1. The third-order valence-corrected chi connectivity index (χ3v) is 2.75. The lowest BCUT2D eigenvalue weighted by atomic mass is 10.1. The molecule has 0 bridgehead atoms. The quantitative estimate of drug-likeness (QED) is 0.846. The monoisotopic (exact) mass is 262 g/mol. The van der Waals surface area contributed by atoms with Gasteiger partial charge in [0.2, 0.25) is 0 Å². The van der Waals surface area contributed by atoms with Crippen LogP contribution in [0.3, 0.4) is 0 Å². The van der Waals surface area contributed by atoms with Crippen LogP contribution in [-0.2, 0) is 4.74 Å². The average Bonchev–Trinajstić information content (AvgIpc) is 2.44. The predicted molar refractivity (Wildman–Crippen MR) is 70.6 cm³/mol. The molecule has 0 saturated carbocycles. The van der Waals surface area contributed by atoms with Crippen LogP contribution >= 0.6 is 0 Å². The van der Waals surface area contributed by atoms with Gasteiger partial charge in [0.15, 0.2) is 5.69 Å². The molecule has 0 unspecified atom stereocenters. The smallest absolute Gasteiger partial charge is 0.356 e. The molecular formula is C13H14N2O4. The fourth-order valence-corrected chi connectivity index (χ4v) is 1.86. The van der Waals surface area contributed by atoms with Crippen molar-refractivity contribution in [2.45, 2.75) is 0 Å². The summed E-state index contributed by atoms with van der Waals surface area (Å²) >= 11 is 0. The number of ether oxygens (including phenoxy) is 3. The van der Waals surface area contributed by atoms with Crippen LogP contribution < -0.4 is 15.2 Å². The predicted octanol–water partition coefficient (Wildman–Crippen LogP) is 1.62. The average molecular weight is 262 g/mol. The fraction of sp³-hybridized carbons (Fsp3) is 0.231. The van der Waals surface area contributed by atoms with Gasteiger partial charge >= 0.3 is 5.97 Å². The summed E-state index contributed by atoms with van der Waals surface area (Å²) in [6.07, 6.45) is 0. The lowest BCUT2D eigenvalue weighted by Gasteiger charge is -2.12. The number of hydrogen-bond donors (Lipinski definition) is 1. The lowest BCUT2D eigenvalue weighted by Crippen LogP contribution is -2.06. The summed E-state index contributed by atoms with van der Waals surface area (Å²) in [5.74, 6) is 0.518. The van der Waals surface area contributed by atoms with Crippen molar-refractivity contribution in [1.82, 2.24) is 4.98 Å². The second kappa shape index (κ2) is 5.01. The van der Waals surface area contributed by atoms with Crippen molar-refractivity contribution in [1.29, 1.82) is 0 Å². The molecule has 2 N–H and O–H groups in total. The molecule has 0 radical (unpaired) electrons. The largest absolute Gasteiger partial charge is 0.496 e. The summed E-state index contributed by atoms with van der Waals surface area (Å²) in [7, 11) is 4.34. The van der Waals surface area contributed by atoms with Crippen molar-refractivity contribution >= 4 is 22.6 Å². The summed E-state index contributed by atoms with van der Waals surface area (Å²) in [6.45, 7) is 0. The van der Waals surface area contributed by atoms with Crippen LogP contribution in [0.4, 0.5) is 5.69 Å². The standard InChI is InChI=1S/C13H14N2O4/c1-17-9-4-5-10(18-2)12-11(9)7(14)6-8(15-12)13(16)19-3/h4-6H,1-3H3,(H2,14,15). The number of benzene rings is 1. The highest BCUT2D eigenvalue weighted by Gasteiger charge is 2.16. The third-order valence-electron chi connectivity index (χ3n) is 2.75. The van der Waals surface area contributed by atoms with E-state index in [0.717, 1.165) is 0 Å². The van der Waals surface area contributed by atoms with Gasteiger partial charge < -0.3 is 19.9 Å². The van der Waals surface area contributed by atoms with Gasteiger partial charge in [0.05, 0.1) is 26.7 Å². The number of carbonyl (C=O) groups is 1. The van der Waals surface area contributed by atoms with Crippen molar-refractivity contribution < 1.29 is 19.0 Å². The molecular weight excluding hydrogens is 248 g/mol. The number of nitrogen functional groups attached to an aromatic ring is 1. The number of nitrogens with two attached hydrogens (primary N) is 1. The first-order valence-electron chi connectivity index (χ1n) is 5.52. The molecule has 0 aliphatic carbocycles. The van der Waals surface area contributed by atoms with E-state index in [2.05, 4.69) is 9.72 Å². The summed E-state index contributed by atoms with van der Waals surface area (Å²) in [6, 6.07) is 4.89. The first kappa shape index (κ1) is 12.9. The second-order valence-electron chi connectivity index (χ2n) is 3.78. The normalized spacial score (nSPS) is 10.3. The molecule has 0 aliphatic rings. The number of rotatable bonds is 3. The number of carbonyl (C=O) groups excluding carboxylic acids is 1.